The second kappa shape index (κ2) is 3.54. The molecule has 0 aliphatic heterocycles. The van der Waals surface area contributed by atoms with Gasteiger partial charge in [0.15, 0.2) is 0 Å². The highest BCUT2D eigenvalue weighted by molar-refractivity contribution is 7.81. The first-order valence-corrected chi connectivity index (χ1v) is 4.62. The van der Waals surface area contributed by atoms with E-state index in [-0.39, 0.29) is 11.2 Å². The molecule has 0 aliphatic rings. The van der Waals surface area contributed by atoms with Gasteiger partial charge in [-0.25, -0.2) is 4.39 Å². The van der Waals surface area contributed by atoms with Crippen LogP contribution in [0.3, 0.4) is 0 Å². The summed E-state index contributed by atoms with van der Waals surface area (Å²) in [7, 11) is 0. The average Bonchev–Trinajstić information content (AvgIpc) is 2.03. The molecule has 0 aliphatic carbocycles. The maximum atomic E-state index is 12.6. The summed E-state index contributed by atoms with van der Waals surface area (Å²) in [5.41, 5.74) is 0.900. The van der Waals surface area contributed by atoms with Crippen LogP contribution in [0.4, 0.5) is 4.39 Å². The Balaban J connectivity index is 2.97. The molecule has 0 fully saturated rings. The van der Waals surface area contributed by atoms with E-state index in [1.165, 1.54) is 12.1 Å². The van der Waals surface area contributed by atoms with E-state index in [1.807, 2.05) is 0 Å². The summed E-state index contributed by atoms with van der Waals surface area (Å²) < 4.78 is 12.6. The van der Waals surface area contributed by atoms with Crippen molar-refractivity contribution < 1.29 is 4.39 Å². The fourth-order valence-electron chi connectivity index (χ4n) is 1.03. The molecule has 2 heteroatoms. The molecule has 1 rings (SSSR count). The fraction of sp³-hybridized carbons (Fsp3) is 0.364. The van der Waals surface area contributed by atoms with E-state index < -0.39 is 0 Å². The van der Waals surface area contributed by atoms with Crippen molar-refractivity contribution in [2.75, 3.05) is 0 Å². The van der Waals surface area contributed by atoms with E-state index in [0.717, 1.165) is 10.4 Å². The molecule has 0 unspecified atom stereocenters. The van der Waals surface area contributed by atoms with Gasteiger partial charge in [0.05, 0.1) is 0 Å². The Morgan fingerprint density at radius 1 is 1.15 bits per heavy atom. The Bertz CT molecular complexity index is 306. The van der Waals surface area contributed by atoms with Gasteiger partial charge in [-0.2, -0.15) is 0 Å². The number of thiocarbonyl (C=S) groups is 1. The second-order valence-electron chi connectivity index (χ2n) is 4.09. The molecule has 0 amide bonds. The smallest absolute Gasteiger partial charge is 0.123 e. The number of hydrogen-bond donors (Lipinski definition) is 0. The van der Waals surface area contributed by atoms with Crippen LogP contribution in [0.15, 0.2) is 24.3 Å². The first-order chi connectivity index (χ1) is 5.91. The molecule has 0 spiro atoms. The molecule has 0 bridgehead atoms. The van der Waals surface area contributed by atoms with Gasteiger partial charge in [0.1, 0.15) is 5.82 Å². The van der Waals surface area contributed by atoms with E-state index in [0.29, 0.717) is 0 Å². The van der Waals surface area contributed by atoms with Crippen molar-refractivity contribution in [1.29, 1.82) is 0 Å². The molecule has 1 aromatic carbocycles. The summed E-state index contributed by atoms with van der Waals surface area (Å²) in [6.45, 7) is 6.16. The molecule has 0 nitrogen and oxygen atoms in total. The van der Waals surface area contributed by atoms with Gasteiger partial charge in [0.25, 0.3) is 0 Å². The van der Waals surface area contributed by atoms with Crippen molar-refractivity contribution in [3.63, 3.8) is 0 Å². The van der Waals surface area contributed by atoms with Gasteiger partial charge in [0.2, 0.25) is 0 Å². The molecule has 13 heavy (non-hydrogen) atoms. The van der Waals surface area contributed by atoms with Gasteiger partial charge >= 0.3 is 0 Å². The summed E-state index contributed by atoms with van der Waals surface area (Å²) >= 11 is 5.28. The summed E-state index contributed by atoms with van der Waals surface area (Å²) in [6.07, 6.45) is 0. The lowest BCUT2D eigenvalue weighted by molar-refractivity contribution is 0.601. The first kappa shape index (κ1) is 10.3. The van der Waals surface area contributed by atoms with Crippen molar-refractivity contribution in [3.8, 4) is 0 Å². The molecule has 0 saturated heterocycles. The van der Waals surface area contributed by atoms with E-state index in [1.54, 1.807) is 12.1 Å². The maximum absolute atomic E-state index is 12.6. The zero-order valence-corrected chi connectivity index (χ0v) is 8.91. The first-order valence-electron chi connectivity index (χ1n) is 4.21. The summed E-state index contributed by atoms with van der Waals surface area (Å²) in [5, 5.41) is 0. The molecule has 0 radical (unpaired) electrons. The van der Waals surface area contributed by atoms with Crippen molar-refractivity contribution in [3.05, 3.63) is 35.6 Å². The molecule has 0 aromatic heterocycles. The molecule has 0 heterocycles. The highest BCUT2D eigenvalue weighted by Crippen LogP contribution is 2.21. The van der Waals surface area contributed by atoms with Crippen LogP contribution in [-0.4, -0.2) is 4.86 Å². The lowest BCUT2D eigenvalue weighted by atomic mass is 9.88. The van der Waals surface area contributed by atoms with Gasteiger partial charge in [-0.1, -0.05) is 45.1 Å². The summed E-state index contributed by atoms with van der Waals surface area (Å²) in [5.74, 6) is -0.222. The maximum Gasteiger partial charge on any atom is 0.123 e. The lowest BCUT2D eigenvalue weighted by Crippen LogP contribution is -2.18. The molecular weight excluding hydrogens is 183 g/mol. The van der Waals surface area contributed by atoms with Crippen LogP contribution in [0.25, 0.3) is 0 Å². The number of halogens is 1. The zero-order valence-electron chi connectivity index (χ0n) is 8.10. The van der Waals surface area contributed by atoms with Crippen molar-refractivity contribution in [2.24, 2.45) is 5.41 Å². The van der Waals surface area contributed by atoms with Crippen LogP contribution >= 0.6 is 12.2 Å². The van der Waals surface area contributed by atoms with Crippen LogP contribution in [0.5, 0.6) is 0 Å². The van der Waals surface area contributed by atoms with E-state index in [2.05, 4.69) is 20.8 Å². The third-order valence-electron chi connectivity index (χ3n) is 1.79. The summed E-state index contributed by atoms with van der Waals surface area (Å²) in [6, 6.07) is 6.33. The zero-order chi connectivity index (χ0) is 10.1. The average molecular weight is 196 g/mol. The van der Waals surface area contributed by atoms with Gasteiger partial charge in [-0.05, 0) is 23.1 Å². The third kappa shape index (κ3) is 2.59. The molecule has 1 aromatic rings. The Hall–Kier alpha value is -0.760. The van der Waals surface area contributed by atoms with Crippen molar-refractivity contribution in [1.82, 2.24) is 0 Å². The Kier molecular flexibility index (Phi) is 2.81. The van der Waals surface area contributed by atoms with E-state index >= 15 is 0 Å². The lowest BCUT2D eigenvalue weighted by Gasteiger charge is -2.19. The monoisotopic (exact) mass is 196 g/mol. The van der Waals surface area contributed by atoms with Crippen molar-refractivity contribution >= 4 is 17.1 Å². The number of rotatable bonds is 1. The largest absolute Gasteiger partial charge is 0.207 e. The summed E-state index contributed by atoms with van der Waals surface area (Å²) in [4.78, 5) is 0.868. The van der Waals surface area contributed by atoms with E-state index in [9.17, 15) is 4.39 Å². The van der Waals surface area contributed by atoms with Gasteiger partial charge < -0.3 is 0 Å². The minimum atomic E-state index is -0.222. The van der Waals surface area contributed by atoms with Gasteiger partial charge in [-0.15, -0.1) is 0 Å². The molecular formula is C11H13FS. The van der Waals surface area contributed by atoms with Crippen LogP contribution in [0.1, 0.15) is 26.3 Å². The number of benzene rings is 1. The van der Waals surface area contributed by atoms with Crippen LogP contribution in [-0.2, 0) is 0 Å². The Labute approximate surface area is 83.8 Å². The van der Waals surface area contributed by atoms with Gasteiger partial charge in [0, 0.05) is 4.86 Å². The van der Waals surface area contributed by atoms with Crippen LogP contribution in [0.2, 0.25) is 0 Å². The predicted molar refractivity (Wildman–Crippen MR) is 57.6 cm³/mol. The molecule has 70 valence electrons. The van der Waals surface area contributed by atoms with Crippen LogP contribution < -0.4 is 0 Å². The minimum absolute atomic E-state index is 0.0346. The highest BCUT2D eigenvalue weighted by Gasteiger charge is 2.18. The third-order valence-corrected chi connectivity index (χ3v) is 2.64. The normalized spacial score (nSPS) is 11.4. The van der Waals surface area contributed by atoms with Crippen LogP contribution in [0, 0.1) is 11.2 Å². The predicted octanol–water partition coefficient (Wildman–Crippen LogP) is 3.59. The fourth-order valence-corrected chi connectivity index (χ4v) is 1.17. The molecule has 0 atom stereocenters. The van der Waals surface area contributed by atoms with E-state index in [4.69, 9.17) is 12.2 Å². The quantitative estimate of drug-likeness (QED) is 0.488. The van der Waals surface area contributed by atoms with Gasteiger partial charge in [-0.3, -0.25) is 0 Å². The Morgan fingerprint density at radius 3 is 2.00 bits per heavy atom. The minimum Gasteiger partial charge on any atom is -0.207 e. The molecule has 0 N–H and O–H groups in total. The molecule has 0 saturated carbocycles. The SMILES string of the molecule is CC(C)(C)C(=S)c1ccc(F)cc1. The second-order valence-corrected chi connectivity index (χ2v) is 4.49. The number of hydrogen-bond acceptors (Lipinski definition) is 1. The van der Waals surface area contributed by atoms with Crippen molar-refractivity contribution in [2.45, 2.75) is 20.8 Å². The topological polar surface area (TPSA) is 0 Å². The standard InChI is InChI=1S/C11H13FS/c1-11(2,3)10(13)8-4-6-9(12)7-5-8/h4-7H,1-3H3. The Morgan fingerprint density at radius 2 is 1.62 bits per heavy atom. The highest BCUT2D eigenvalue weighted by atomic mass is 32.1.